The lowest BCUT2D eigenvalue weighted by Crippen LogP contribution is -2.54. The Morgan fingerprint density at radius 2 is 1.46 bits per heavy atom. The van der Waals surface area contributed by atoms with Gasteiger partial charge in [0.2, 0.25) is 6.36 Å². The maximum Gasteiger partial charge on any atom is 0.332 e. The summed E-state index contributed by atoms with van der Waals surface area (Å²) in [6, 6.07) is 0. The Bertz CT molecular complexity index is 491. The molecule has 4 unspecified atom stereocenters. The zero-order valence-corrected chi connectivity index (χ0v) is 20.1. The molecule has 2 saturated heterocycles. The minimum Gasteiger partial charge on any atom is -0.392 e. The molecule has 28 heavy (non-hydrogen) atoms. The molecule has 0 aromatic carbocycles. The molecule has 10 atom stereocenters. The number of alkyl halides is 1. The van der Waals surface area contributed by atoms with Crippen molar-refractivity contribution in [2.75, 3.05) is 13.7 Å². The molecule has 0 radical (unpaired) electrons. The summed E-state index contributed by atoms with van der Waals surface area (Å²) in [7, 11) is -0.881. The van der Waals surface area contributed by atoms with Crippen molar-refractivity contribution in [3.8, 4) is 0 Å². The van der Waals surface area contributed by atoms with Gasteiger partial charge in [-0.3, -0.25) is 0 Å². The number of halogens is 1. The largest absolute Gasteiger partial charge is 0.392 e. The summed E-state index contributed by atoms with van der Waals surface area (Å²) in [5.41, 5.74) is 0. The van der Waals surface area contributed by atoms with Crippen LogP contribution >= 0.6 is 0 Å². The van der Waals surface area contributed by atoms with E-state index in [4.69, 9.17) is 23.1 Å². The Balaban J connectivity index is 1.96. The van der Waals surface area contributed by atoms with Gasteiger partial charge in [0.15, 0.2) is 6.29 Å². The fourth-order valence-corrected chi connectivity index (χ4v) is 6.08. The summed E-state index contributed by atoms with van der Waals surface area (Å²) in [5, 5.41) is 0. The molecule has 2 heterocycles. The lowest BCUT2D eigenvalue weighted by Gasteiger charge is -2.45. The molecule has 0 saturated carbocycles. The Labute approximate surface area is 171 Å². The molecule has 0 N–H and O–H groups in total. The van der Waals surface area contributed by atoms with E-state index in [1.165, 1.54) is 0 Å². The van der Waals surface area contributed by atoms with Gasteiger partial charge in [-0.05, 0) is 43.2 Å². The van der Waals surface area contributed by atoms with E-state index in [0.29, 0.717) is 24.4 Å². The number of methoxy groups -OCH3 is 1. The van der Waals surface area contributed by atoms with Crippen LogP contribution in [0.1, 0.15) is 48.0 Å². The van der Waals surface area contributed by atoms with Gasteiger partial charge in [-0.2, -0.15) is 0 Å². The van der Waals surface area contributed by atoms with E-state index >= 15 is 0 Å². The van der Waals surface area contributed by atoms with Gasteiger partial charge in [0.25, 0.3) is 0 Å². The van der Waals surface area contributed by atoms with Crippen molar-refractivity contribution < 1.29 is 27.5 Å². The predicted octanol–water partition coefficient (Wildman–Crippen LogP) is 4.75. The second kappa shape index (κ2) is 9.84. The predicted molar refractivity (Wildman–Crippen MR) is 110 cm³/mol. The summed E-state index contributed by atoms with van der Waals surface area (Å²) in [6.07, 6.45) is -1.52. The zero-order valence-electron chi connectivity index (χ0n) is 19.1. The summed E-state index contributed by atoms with van der Waals surface area (Å²) in [4.78, 5) is 0. The van der Waals surface area contributed by atoms with Crippen molar-refractivity contribution in [1.82, 2.24) is 0 Å². The van der Waals surface area contributed by atoms with E-state index < -0.39 is 21.0 Å². The minimum absolute atomic E-state index is 0.0542. The summed E-state index contributed by atoms with van der Waals surface area (Å²) < 4.78 is 44.3. The van der Waals surface area contributed by atoms with E-state index in [1.807, 2.05) is 20.0 Å². The first kappa shape index (κ1) is 24.2. The zero-order chi connectivity index (χ0) is 21.2. The maximum absolute atomic E-state index is 14.7. The highest BCUT2D eigenvalue weighted by Crippen LogP contribution is 2.37. The van der Waals surface area contributed by atoms with E-state index in [2.05, 4.69) is 34.6 Å². The molecule has 2 aliphatic heterocycles. The van der Waals surface area contributed by atoms with E-state index in [9.17, 15) is 4.39 Å². The van der Waals surface area contributed by atoms with Crippen molar-refractivity contribution in [1.29, 1.82) is 0 Å². The lowest BCUT2D eigenvalue weighted by molar-refractivity contribution is -0.245. The van der Waals surface area contributed by atoms with Crippen molar-refractivity contribution in [2.24, 2.45) is 29.6 Å². The van der Waals surface area contributed by atoms with Gasteiger partial charge in [0.1, 0.15) is 6.10 Å². The first-order valence-corrected chi connectivity index (χ1v) is 13.6. The molecule has 0 aromatic heterocycles. The molecule has 0 bridgehead atoms. The molecule has 0 amide bonds. The highest BCUT2D eigenvalue weighted by Gasteiger charge is 2.46. The van der Waals surface area contributed by atoms with Gasteiger partial charge >= 0.3 is 8.56 Å². The second-order valence-electron chi connectivity index (χ2n) is 9.30. The van der Waals surface area contributed by atoms with Crippen LogP contribution in [0.2, 0.25) is 13.1 Å². The third kappa shape index (κ3) is 5.35. The maximum atomic E-state index is 14.7. The van der Waals surface area contributed by atoms with Crippen LogP contribution in [0.25, 0.3) is 0 Å². The van der Waals surface area contributed by atoms with Crippen molar-refractivity contribution >= 4 is 8.56 Å². The van der Waals surface area contributed by atoms with E-state index in [0.717, 1.165) is 6.42 Å². The quantitative estimate of drug-likeness (QED) is 0.556. The third-order valence-electron chi connectivity index (χ3n) is 7.13. The number of ether oxygens (including phenoxy) is 3. The van der Waals surface area contributed by atoms with Crippen molar-refractivity contribution in [3.63, 3.8) is 0 Å². The SMILES string of the molecule is CCC1O[C@@H](F)C(O[Si](C)(C)OCC2O[C@H](OC)C(C)[C@@H](C)[C@@H]2C)[C@@H](C)[C@@H]1C. The van der Waals surface area contributed by atoms with Crippen molar-refractivity contribution in [3.05, 3.63) is 0 Å². The molecule has 2 rings (SSSR count). The van der Waals surface area contributed by atoms with Gasteiger partial charge in [-0.15, -0.1) is 0 Å². The Morgan fingerprint density at radius 3 is 2.04 bits per heavy atom. The van der Waals surface area contributed by atoms with Gasteiger partial charge in [-0.1, -0.05) is 41.5 Å². The molecular formula is C21H41FO5Si. The van der Waals surface area contributed by atoms with Gasteiger partial charge in [0, 0.05) is 13.0 Å². The first-order chi connectivity index (χ1) is 13.0. The number of hydrogen-bond donors (Lipinski definition) is 0. The summed E-state index contributed by atoms with van der Waals surface area (Å²) in [6.45, 7) is 17.1. The highest BCUT2D eigenvalue weighted by molar-refractivity contribution is 6.64. The summed E-state index contributed by atoms with van der Waals surface area (Å²) >= 11 is 0. The Morgan fingerprint density at radius 1 is 0.857 bits per heavy atom. The van der Waals surface area contributed by atoms with Crippen LogP contribution in [-0.4, -0.2) is 53.2 Å². The topological polar surface area (TPSA) is 46.2 Å². The van der Waals surface area contributed by atoms with Gasteiger partial charge in [0.05, 0.1) is 18.8 Å². The van der Waals surface area contributed by atoms with Crippen LogP contribution < -0.4 is 0 Å². The Kier molecular flexibility index (Phi) is 8.51. The minimum atomic E-state index is -2.56. The molecule has 2 fully saturated rings. The standard InChI is InChI=1S/C21H41FO5Si/c1-10-17-14(4)15(5)19(20(22)25-17)27-28(8,9)24-11-18-13(3)12(2)16(6)21(23-7)26-18/h12-21H,10-11H2,1-9H3/t12-,13-,14-,15-,16?,17?,18?,19?,20+,21-/m0/s1. The fourth-order valence-electron chi connectivity index (χ4n) is 4.46. The van der Waals surface area contributed by atoms with E-state index in [-0.39, 0.29) is 30.3 Å². The monoisotopic (exact) mass is 420 g/mol. The van der Waals surface area contributed by atoms with Crippen LogP contribution in [0.3, 0.4) is 0 Å². The molecular weight excluding hydrogens is 379 g/mol. The van der Waals surface area contributed by atoms with Gasteiger partial charge in [-0.25, -0.2) is 4.39 Å². The van der Waals surface area contributed by atoms with Crippen LogP contribution in [0, 0.1) is 29.6 Å². The molecule has 166 valence electrons. The molecule has 2 aliphatic rings. The van der Waals surface area contributed by atoms with Crippen LogP contribution in [-0.2, 0) is 23.1 Å². The normalized spacial score (nSPS) is 45.2. The lowest BCUT2D eigenvalue weighted by atomic mass is 9.79. The molecule has 5 nitrogen and oxygen atoms in total. The second-order valence-corrected chi connectivity index (χ2v) is 12.6. The molecule has 0 aliphatic carbocycles. The number of hydrogen-bond acceptors (Lipinski definition) is 5. The fraction of sp³-hybridized carbons (Fsp3) is 1.00. The number of rotatable bonds is 7. The molecule has 0 aromatic rings. The third-order valence-corrected chi connectivity index (χ3v) is 8.83. The average Bonchev–Trinajstić information content (AvgIpc) is 2.65. The molecule has 0 spiro atoms. The smallest absolute Gasteiger partial charge is 0.332 e. The average molecular weight is 421 g/mol. The summed E-state index contributed by atoms with van der Waals surface area (Å²) in [5.74, 6) is 1.47. The van der Waals surface area contributed by atoms with Crippen molar-refractivity contribution in [2.45, 2.75) is 92.0 Å². The van der Waals surface area contributed by atoms with Crippen LogP contribution in [0.4, 0.5) is 4.39 Å². The Hall–Kier alpha value is -0.0531. The first-order valence-electron chi connectivity index (χ1n) is 10.8. The highest BCUT2D eigenvalue weighted by atomic mass is 28.4. The van der Waals surface area contributed by atoms with E-state index in [1.54, 1.807) is 7.11 Å². The molecule has 7 heteroatoms. The van der Waals surface area contributed by atoms with Crippen LogP contribution in [0.5, 0.6) is 0 Å². The van der Waals surface area contributed by atoms with Crippen LogP contribution in [0.15, 0.2) is 0 Å². The van der Waals surface area contributed by atoms with Gasteiger partial charge < -0.3 is 23.1 Å².